The summed E-state index contributed by atoms with van der Waals surface area (Å²) in [5.74, 6) is 1.42. The maximum absolute atomic E-state index is 11.5. The number of rotatable bonds is 8. The van der Waals surface area contributed by atoms with E-state index in [4.69, 9.17) is 4.74 Å². The third kappa shape index (κ3) is 9.60. The number of hydrogen-bond donors (Lipinski definition) is 3. The van der Waals surface area contributed by atoms with Crippen molar-refractivity contribution in [2.75, 3.05) is 53.0 Å². The van der Waals surface area contributed by atoms with Gasteiger partial charge in [-0.05, 0) is 5.92 Å². The Labute approximate surface area is 169 Å². The van der Waals surface area contributed by atoms with E-state index >= 15 is 0 Å². The van der Waals surface area contributed by atoms with Crippen LogP contribution in [0.15, 0.2) is 4.99 Å². The van der Waals surface area contributed by atoms with Crippen LogP contribution >= 0.6 is 24.0 Å². The first-order chi connectivity index (χ1) is 11.5. The standard InChI is InChI=1S/C17H35N5O2.HI/c1-13(2)15(22-8-10-24-11-9-22)12-21-17(18-5)20-7-6-19-16(23)14(3)4;/h13-15H,6-12H2,1-5H3,(H,19,23)(H2,18,20,21);1H. The van der Waals surface area contributed by atoms with Gasteiger partial charge in [0.05, 0.1) is 13.2 Å². The average molecular weight is 469 g/mol. The fourth-order valence-corrected chi connectivity index (χ4v) is 2.69. The van der Waals surface area contributed by atoms with Crippen LogP contribution in [0.25, 0.3) is 0 Å². The van der Waals surface area contributed by atoms with Crippen molar-refractivity contribution in [1.82, 2.24) is 20.9 Å². The van der Waals surface area contributed by atoms with E-state index in [1.54, 1.807) is 7.05 Å². The van der Waals surface area contributed by atoms with Crippen molar-refractivity contribution in [3.63, 3.8) is 0 Å². The van der Waals surface area contributed by atoms with Gasteiger partial charge in [-0.2, -0.15) is 0 Å². The molecule has 3 N–H and O–H groups in total. The molecule has 0 aromatic rings. The number of nitrogens with zero attached hydrogens (tertiary/aromatic N) is 2. The van der Waals surface area contributed by atoms with Crippen LogP contribution in [0, 0.1) is 11.8 Å². The van der Waals surface area contributed by atoms with Crippen LogP contribution in [0.3, 0.4) is 0 Å². The molecule has 1 aliphatic rings. The van der Waals surface area contributed by atoms with Gasteiger partial charge in [-0.3, -0.25) is 14.7 Å². The normalized spacial score (nSPS) is 17.2. The predicted molar refractivity (Wildman–Crippen MR) is 114 cm³/mol. The molecule has 1 aliphatic heterocycles. The van der Waals surface area contributed by atoms with E-state index in [0.717, 1.165) is 38.8 Å². The zero-order valence-corrected chi connectivity index (χ0v) is 18.6. The molecule has 8 heteroatoms. The van der Waals surface area contributed by atoms with Crippen molar-refractivity contribution in [2.45, 2.75) is 33.7 Å². The fourth-order valence-electron chi connectivity index (χ4n) is 2.69. The summed E-state index contributed by atoms with van der Waals surface area (Å²) in [4.78, 5) is 18.3. The number of carbonyl (C=O) groups excluding carboxylic acids is 1. The Kier molecular flexibility index (Phi) is 13.2. The maximum atomic E-state index is 11.5. The average Bonchev–Trinajstić information content (AvgIpc) is 2.57. The van der Waals surface area contributed by atoms with E-state index < -0.39 is 0 Å². The maximum Gasteiger partial charge on any atom is 0.222 e. The first-order valence-electron chi connectivity index (χ1n) is 8.99. The first-order valence-corrected chi connectivity index (χ1v) is 8.99. The first kappa shape index (κ1) is 24.4. The largest absolute Gasteiger partial charge is 0.379 e. The highest BCUT2D eigenvalue weighted by atomic mass is 127. The summed E-state index contributed by atoms with van der Waals surface area (Å²) in [5.41, 5.74) is 0. The van der Waals surface area contributed by atoms with Crippen molar-refractivity contribution < 1.29 is 9.53 Å². The predicted octanol–water partition coefficient (Wildman–Crippen LogP) is 0.898. The Bertz CT molecular complexity index is 398. The van der Waals surface area contributed by atoms with Crippen molar-refractivity contribution in [3.8, 4) is 0 Å². The highest BCUT2D eigenvalue weighted by Crippen LogP contribution is 2.12. The Balaban J connectivity index is 0.00000576. The van der Waals surface area contributed by atoms with Crippen LogP contribution in [0.2, 0.25) is 0 Å². The van der Waals surface area contributed by atoms with E-state index in [2.05, 4.69) is 39.7 Å². The molecule has 1 heterocycles. The molecule has 0 spiro atoms. The zero-order chi connectivity index (χ0) is 17.9. The third-order valence-electron chi connectivity index (χ3n) is 4.23. The minimum atomic E-state index is 0. The van der Waals surface area contributed by atoms with Gasteiger partial charge in [0, 0.05) is 51.7 Å². The molecule has 1 saturated heterocycles. The fraction of sp³-hybridized carbons (Fsp3) is 0.882. The molecule has 0 radical (unpaired) electrons. The van der Waals surface area contributed by atoms with Crippen molar-refractivity contribution in [1.29, 1.82) is 0 Å². The van der Waals surface area contributed by atoms with E-state index in [0.29, 0.717) is 25.0 Å². The highest BCUT2D eigenvalue weighted by molar-refractivity contribution is 14.0. The van der Waals surface area contributed by atoms with Crippen LogP contribution in [0.5, 0.6) is 0 Å². The van der Waals surface area contributed by atoms with E-state index in [9.17, 15) is 4.79 Å². The molecular weight excluding hydrogens is 433 g/mol. The zero-order valence-electron chi connectivity index (χ0n) is 16.3. The Hall–Kier alpha value is -0.610. The molecule has 1 fully saturated rings. The molecule has 1 unspecified atom stereocenters. The Morgan fingerprint density at radius 3 is 2.20 bits per heavy atom. The van der Waals surface area contributed by atoms with Gasteiger partial charge < -0.3 is 20.7 Å². The highest BCUT2D eigenvalue weighted by Gasteiger charge is 2.23. The summed E-state index contributed by atoms with van der Waals surface area (Å²) in [5, 5.41) is 9.53. The van der Waals surface area contributed by atoms with Crippen molar-refractivity contribution >= 4 is 35.8 Å². The van der Waals surface area contributed by atoms with E-state index in [-0.39, 0.29) is 35.8 Å². The van der Waals surface area contributed by atoms with Gasteiger partial charge in [0.2, 0.25) is 5.91 Å². The molecule has 0 saturated carbocycles. The van der Waals surface area contributed by atoms with Crippen molar-refractivity contribution in [2.24, 2.45) is 16.8 Å². The van der Waals surface area contributed by atoms with E-state index in [1.165, 1.54) is 0 Å². The lowest BCUT2D eigenvalue weighted by Gasteiger charge is -2.37. The summed E-state index contributed by atoms with van der Waals surface area (Å²) in [6.07, 6.45) is 0. The molecule has 0 aliphatic carbocycles. The van der Waals surface area contributed by atoms with E-state index in [1.807, 2.05) is 13.8 Å². The van der Waals surface area contributed by atoms with Gasteiger partial charge in [0.1, 0.15) is 0 Å². The summed E-state index contributed by atoms with van der Waals surface area (Å²) in [6.45, 7) is 14.0. The van der Waals surface area contributed by atoms with Crippen LogP contribution in [0.4, 0.5) is 0 Å². The second kappa shape index (κ2) is 13.6. The van der Waals surface area contributed by atoms with Gasteiger partial charge in [-0.25, -0.2) is 0 Å². The Morgan fingerprint density at radius 2 is 1.68 bits per heavy atom. The number of morpholine rings is 1. The SMILES string of the molecule is CN=C(NCCNC(=O)C(C)C)NCC(C(C)C)N1CCOCC1.I. The summed E-state index contributed by atoms with van der Waals surface area (Å²) in [6, 6.07) is 0.452. The monoisotopic (exact) mass is 469 g/mol. The number of carbonyl (C=O) groups is 1. The lowest BCUT2D eigenvalue weighted by Crippen LogP contribution is -2.53. The molecule has 7 nitrogen and oxygen atoms in total. The molecule has 25 heavy (non-hydrogen) atoms. The quantitative estimate of drug-likeness (QED) is 0.213. The molecule has 148 valence electrons. The van der Waals surface area contributed by atoms with Gasteiger partial charge in [-0.15, -0.1) is 24.0 Å². The number of halogens is 1. The van der Waals surface area contributed by atoms with Crippen LogP contribution in [-0.4, -0.2) is 75.8 Å². The van der Waals surface area contributed by atoms with Crippen LogP contribution < -0.4 is 16.0 Å². The molecule has 0 bridgehead atoms. The summed E-state index contributed by atoms with van der Waals surface area (Å²) in [7, 11) is 1.77. The lowest BCUT2D eigenvalue weighted by molar-refractivity contribution is -0.123. The minimum Gasteiger partial charge on any atom is -0.379 e. The van der Waals surface area contributed by atoms with Gasteiger partial charge in [0.25, 0.3) is 0 Å². The van der Waals surface area contributed by atoms with Gasteiger partial charge in [0.15, 0.2) is 5.96 Å². The smallest absolute Gasteiger partial charge is 0.222 e. The molecule has 0 aromatic heterocycles. The van der Waals surface area contributed by atoms with Crippen LogP contribution in [-0.2, 0) is 9.53 Å². The topological polar surface area (TPSA) is 78.0 Å². The summed E-state index contributed by atoms with van der Waals surface area (Å²) < 4.78 is 5.45. The number of aliphatic imine (C=N–C) groups is 1. The molecular formula is C17H36IN5O2. The van der Waals surface area contributed by atoms with Crippen LogP contribution in [0.1, 0.15) is 27.7 Å². The number of nitrogens with one attached hydrogen (secondary N) is 3. The Morgan fingerprint density at radius 1 is 1.08 bits per heavy atom. The van der Waals surface area contributed by atoms with Gasteiger partial charge in [-0.1, -0.05) is 27.7 Å². The number of amides is 1. The molecule has 1 rings (SSSR count). The van der Waals surface area contributed by atoms with Gasteiger partial charge >= 0.3 is 0 Å². The van der Waals surface area contributed by atoms with Crippen molar-refractivity contribution in [3.05, 3.63) is 0 Å². The number of hydrogen-bond acceptors (Lipinski definition) is 4. The lowest BCUT2D eigenvalue weighted by atomic mass is 10.0. The minimum absolute atomic E-state index is 0. The number of ether oxygens (including phenoxy) is 1. The molecule has 1 amide bonds. The third-order valence-corrected chi connectivity index (χ3v) is 4.23. The summed E-state index contributed by atoms with van der Waals surface area (Å²) >= 11 is 0. The molecule has 1 atom stereocenters. The molecule has 0 aromatic carbocycles. The second-order valence-electron chi connectivity index (χ2n) is 6.79. The number of guanidine groups is 1. The second-order valence-corrected chi connectivity index (χ2v) is 6.79.